The molecule has 118 valence electrons. The van der Waals surface area contributed by atoms with E-state index in [9.17, 15) is 5.11 Å². The number of hydrogen-bond acceptors (Lipinski definition) is 1. The van der Waals surface area contributed by atoms with Crippen LogP contribution in [0.15, 0.2) is 66.8 Å². The summed E-state index contributed by atoms with van der Waals surface area (Å²) < 4.78 is 0. The Balaban J connectivity index is 0.000000235. The van der Waals surface area contributed by atoms with Gasteiger partial charge >= 0.3 is 0 Å². The van der Waals surface area contributed by atoms with Crippen molar-refractivity contribution in [1.29, 1.82) is 0 Å². The molecule has 0 saturated heterocycles. The molecular weight excluding hydrogens is 268 g/mol. The highest BCUT2D eigenvalue weighted by Gasteiger charge is 2.04. The van der Waals surface area contributed by atoms with Gasteiger partial charge < -0.3 is 5.11 Å². The molecule has 0 bridgehead atoms. The van der Waals surface area contributed by atoms with Crippen LogP contribution in [0.5, 0.6) is 0 Å². The van der Waals surface area contributed by atoms with Crippen LogP contribution in [0.2, 0.25) is 0 Å². The van der Waals surface area contributed by atoms with E-state index >= 15 is 0 Å². The fourth-order valence-electron chi connectivity index (χ4n) is 2.37. The molecule has 0 radical (unpaired) electrons. The number of rotatable bonds is 4. The van der Waals surface area contributed by atoms with Gasteiger partial charge in [-0.25, -0.2) is 0 Å². The van der Waals surface area contributed by atoms with Crippen molar-refractivity contribution in [3.8, 4) is 0 Å². The van der Waals surface area contributed by atoms with Crippen LogP contribution in [0.4, 0.5) is 0 Å². The third-order valence-corrected chi connectivity index (χ3v) is 3.56. The van der Waals surface area contributed by atoms with Crippen LogP contribution in [-0.4, -0.2) is 11.2 Å². The SMILES string of the molecule is C=C(C)C1=CCCC=C1.C=C(CC(C)O)c1ccccc1C. The second-order valence-electron chi connectivity index (χ2n) is 5.89. The van der Waals surface area contributed by atoms with Gasteiger partial charge in [0.05, 0.1) is 6.10 Å². The van der Waals surface area contributed by atoms with Crippen molar-refractivity contribution in [1.82, 2.24) is 0 Å². The Morgan fingerprint density at radius 1 is 1.23 bits per heavy atom. The van der Waals surface area contributed by atoms with E-state index in [1.165, 1.54) is 29.6 Å². The summed E-state index contributed by atoms with van der Waals surface area (Å²) in [5, 5.41) is 9.21. The fourth-order valence-corrected chi connectivity index (χ4v) is 2.37. The van der Waals surface area contributed by atoms with Gasteiger partial charge in [0.2, 0.25) is 0 Å². The molecule has 1 atom stereocenters. The Morgan fingerprint density at radius 2 is 1.91 bits per heavy atom. The number of aryl methyl sites for hydroxylation is 1. The maximum Gasteiger partial charge on any atom is 0.0552 e. The molecule has 1 N–H and O–H groups in total. The van der Waals surface area contributed by atoms with Crippen LogP contribution >= 0.6 is 0 Å². The van der Waals surface area contributed by atoms with Crippen LogP contribution in [-0.2, 0) is 0 Å². The summed E-state index contributed by atoms with van der Waals surface area (Å²) in [7, 11) is 0. The zero-order valence-corrected chi connectivity index (χ0v) is 14.1. The Hall–Kier alpha value is -1.86. The Kier molecular flexibility index (Phi) is 7.62. The predicted octanol–water partition coefficient (Wildman–Crippen LogP) is 5.62. The molecule has 1 aliphatic carbocycles. The third kappa shape index (κ3) is 6.28. The number of allylic oxidation sites excluding steroid dienone is 5. The summed E-state index contributed by atoms with van der Waals surface area (Å²) in [4.78, 5) is 0. The highest BCUT2D eigenvalue weighted by molar-refractivity contribution is 5.66. The topological polar surface area (TPSA) is 20.2 Å². The minimum atomic E-state index is -0.313. The zero-order chi connectivity index (χ0) is 16.5. The van der Waals surface area contributed by atoms with E-state index in [-0.39, 0.29) is 6.10 Å². The minimum Gasteiger partial charge on any atom is -0.393 e. The van der Waals surface area contributed by atoms with Crippen molar-refractivity contribution in [3.63, 3.8) is 0 Å². The summed E-state index contributed by atoms with van der Waals surface area (Å²) in [5.74, 6) is 0. The van der Waals surface area contributed by atoms with Crippen molar-refractivity contribution in [2.24, 2.45) is 0 Å². The molecule has 0 aromatic heterocycles. The van der Waals surface area contributed by atoms with Gasteiger partial charge in [0.1, 0.15) is 0 Å². The average Bonchev–Trinajstić information content (AvgIpc) is 2.48. The summed E-state index contributed by atoms with van der Waals surface area (Å²) in [5.41, 5.74) is 5.86. The van der Waals surface area contributed by atoms with Gasteiger partial charge in [-0.3, -0.25) is 0 Å². The first-order valence-corrected chi connectivity index (χ1v) is 7.86. The molecular formula is C21H28O. The highest BCUT2D eigenvalue weighted by Crippen LogP contribution is 2.20. The van der Waals surface area contributed by atoms with E-state index in [2.05, 4.69) is 44.4 Å². The Bertz CT molecular complexity index is 573. The van der Waals surface area contributed by atoms with Gasteiger partial charge in [0.25, 0.3) is 0 Å². The maximum atomic E-state index is 9.21. The quantitative estimate of drug-likeness (QED) is 0.764. The first-order valence-electron chi connectivity index (χ1n) is 7.86. The zero-order valence-electron chi connectivity index (χ0n) is 14.1. The molecule has 0 saturated carbocycles. The summed E-state index contributed by atoms with van der Waals surface area (Å²) in [6.07, 6.45) is 9.28. The van der Waals surface area contributed by atoms with Gasteiger partial charge in [-0.2, -0.15) is 0 Å². The lowest BCUT2D eigenvalue weighted by atomic mass is 9.98. The first kappa shape index (κ1) is 18.2. The number of hydrogen-bond donors (Lipinski definition) is 1. The van der Waals surface area contributed by atoms with Gasteiger partial charge in [0.15, 0.2) is 0 Å². The third-order valence-electron chi connectivity index (χ3n) is 3.56. The maximum absolute atomic E-state index is 9.21. The predicted molar refractivity (Wildman–Crippen MR) is 97.8 cm³/mol. The van der Waals surface area contributed by atoms with Crippen molar-refractivity contribution >= 4 is 5.57 Å². The lowest BCUT2D eigenvalue weighted by Crippen LogP contribution is -2.00. The minimum absolute atomic E-state index is 0.313. The molecule has 1 unspecified atom stereocenters. The Labute approximate surface area is 135 Å². The number of aliphatic hydroxyl groups excluding tert-OH is 1. The lowest BCUT2D eigenvalue weighted by Gasteiger charge is -2.10. The molecule has 0 amide bonds. The monoisotopic (exact) mass is 296 g/mol. The van der Waals surface area contributed by atoms with Crippen LogP contribution < -0.4 is 0 Å². The van der Waals surface area contributed by atoms with E-state index in [0.29, 0.717) is 6.42 Å². The summed E-state index contributed by atoms with van der Waals surface area (Å²) >= 11 is 0. The summed E-state index contributed by atoms with van der Waals surface area (Å²) in [6.45, 7) is 13.7. The molecule has 0 aliphatic heterocycles. The van der Waals surface area contributed by atoms with E-state index < -0.39 is 0 Å². The molecule has 1 aromatic rings. The van der Waals surface area contributed by atoms with E-state index in [4.69, 9.17) is 0 Å². The van der Waals surface area contributed by atoms with Gasteiger partial charge in [-0.05, 0) is 62.3 Å². The molecule has 2 rings (SSSR count). The molecule has 1 aromatic carbocycles. The van der Waals surface area contributed by atoms with Gasteiger partial charge in [0, 0.05) is 0 Å². The number of aliphatic hydroxyl groups is 1. The van der Waals surface area contributed by atoms with E-state index in [1.54, 1.807) is 6.92 Å². The van der Waals surface area contributed by atoms with Gasteiger partial charge in [-0.1, -0.05) is 61.2 Å². The smallest absolute Gasteiger partial charge is 0.0552 e. The van der Waals surface area contributed by atoms with Crippen molar-refractivity contribution in [2.45, 2.75) is 46.1 Å². The van der Waals surface area contributed by atoms with Crippen LogP contribution in [0.25, 0.3) is 5.57 Å². The van der Waals surface area contributed by atoms with Crippen LogP contribution in [0, 0.1) is 6.92 Å². The van der Waals surface area contributed by atoms with Crippen molar-refractivity contribution in [3.05, 3.63) is 77.9 Å². The second-order valence-corrected chi connectivity index (χ2v) is 5.89. The van der Waals surface area contributed by atoms with E-state index in [1.807, 2.05) is 25.1 Å². The molecule has 0 fully saturated rings. The first-order chi connectivity index (χ1) is 10.4. The standard InChI is InChI=1S/C12H16O.C9H12/c1-9-6-4-5-7-12(9)10(2)8-11(3)13;1-8(2)9-6-4-3-5-7-9/h4-7,11,13H,2,8H2,1,3H3;4,6-7H,1,3,5H2,2H3. The highest BCUT2D eigenvalue weighted by atomic mass is 16.3. The van der Waals surface area contributed by atoms with Crippen molar-refractivity contribution < 1.29 is 5.11 Å². The molecule has 1 aliphatic rings. The normalized spacial score (nSPS) is 14.5. The Morgan fingerprint density at radius 3 is 2.36 bits per heavy atom. The largest absolute Gasteiger partial charge is 0.393 e. The molecule has 22 heavy (non-hydrogen) atoms. The summed E-state index contributed by atoms with van der Waals surface area (Å²) in [6, 6.07) is 8.10. The molecule has 0 spiro atoms. The van der Waals surface area contributed by atoms with Crippen LogP contribution in [0.3, 0.4) is 0 Å². The fraction of sp³-hybridized carbons (Fsp3) is 0.333. The van der Waals surface area contributed by atoms with Crippen LogP contribution in [0.1, 0.15) is 44.2 Å². The van der Waals surface area contributed by atoms with Gasteiger partial charge in [-0.15, -0.1) is 0 Å². The average molecular weight is 296 g/mol. The number of benzene rings is 1. The van der Waals surface area contributed by atoms with Crippen molar-refractivity contribution in [2.75, 3.05) is 0 Å². The second kappa shape index (κ2) is 9.22. The molecule has 0 heterocycles. The lowest BCUT2D eigenvalue weighted by molar-refractivity contribution is 0.201. The van der Waals surface area contributed by atoms with E-state index in [0.717, 1.165) is 11.1 Å². The molecule has 1 nitrogen and oxygen atoms in total. The molecule has 1 heteroatoms.